The second kappa shape index (κ2) is 4.73. The second-order valence-corrected chi connectivity index (χ2v) is 4.82. The zero-order chi connectivity index (χ0) is 12.4. The minimum atomic E-state index is -0.712. The third kappa shape index (κ3) is 2.40. The highest BCUT2D eigenvalue weighted by Crippen LogP contribution is 2.39. The van der Waals surface area contributed by atoms with Crippen LogP contribution >= 0.6 is 0 Å². The summed E-state index contributed by atoms with van der Waals surface area (Å²) in [5.41, 5.74) is 7.82. The van der Waals surface area contributed by atoms with Gasteiger partial charge in [0.05, 0.1) is 5.92 Å². The van der Waals surface area contributed by atoms with Crippen molar-refractivity contribution in [1.29, 1.82) is 0 Å². The molecule has 1 aromatic rings. The van der Waals surface area contributed by atoms with Crippen LogP contribution in [0.1, 0.15) is 42.7 Å². The molecule has 2 unspecified atom stereocenters. The number of rotatable bonds is 2. The molecule has 0 aromatic carbocycles. The smallest absolute Gasteiger partial charge is 0.307 e. The number of carboxylic acid groups (broad SMARTS) is 1. The summed E-state index contributed by atoms with van der Waals surface area (Å²) in [6.45, 7) is 1.95. The number of nitrogen functional groups attached to an aromatic ring is 1. The van der Waals surface area contributed by atoms with E-state index in [0.717, 1.165) is 36.8 Å². The predicted octanol–water partition coefficient (Wildman–Crippen LogP) is 2.33. The van der Waals surface area contributed by atoms with Gasteiger partial charge in [-0.3, -0.25) is 4.79 Å². The zero-order valence-corrected chi connectivity index (χ0v) is 10.0. The van der Waals surface area contributed by atoms with Gasteiger partial charge in [0.25, 0.3) is 0 Å². The quantitative estimate of drug-likeness (QED) is 0.823. The van der Waals surface area contributed by atoms with Crippen molar-refractivity contribution in [2.45, 2.75) is 38.5 Å². The van der Waals surface area contributed by atoms with Gasteiger partial charge < -0.3 is 10.8 Å². The number of carboxylic acids is 1. The maximum atomic E-state index is 11.3. The van der Waals surface area contributed by atoms with Crippen LogP contribution in [-0.2, 0) is 4.79 Å². The molecule has 0 aliphatic heterocycles. The highest BCUT2D eigenvalue weighted by atomic mass is 16.4. The third-order valence-corrected chi connectivity index (χ3v) is 3.57. The Morgan fingerprint density at radius 1 is 1.47 bits per heavy atom. The lowest BCUT2D eigenvalue weighted by atomic mass is 9.75. The number of hydrogen-bond donors (Lipinski definition) is 2. The highest BCUT2D eigenvalue weighted by molar-refractivity contribution is 5.72. The van der Waals surface area contributed by atoms with Gasteiger partial charge in [-0.1, -0.05) is 18.9 Å². The molecule has 3 N–H and O–H groups in total. The number of carbonyl (C=O) groups is 1. The topological polar surface area (TPSA) is 76.2 Å². The standard InChI is InChI=1S/C13H18N2O2/c1-8-6-11(12(14)15-7-8)9-4-2-3-5-10(9)13(16)17/h6-7,9-10H,2-5H2,1H3,(H2,14,15)(H,16,17). The molecule has 0 bridgehead atoms. The van der Waals surface area contributed by atoms with Crippen molar-refractivity contribution in [2.75, 3.05) is 5.73 Å². The first-order chi connectivity index (χ1) is 8.09. The van der Waals surface area contributed by atoms with E-state index in [4.69, 9.17) is 5.73 Å². The zero-order valence-electron chi connectivity index (χ0n) is 10.0. The van der Waals surface area contributed by atoms with Crippen molar-refractivity contribution >= 4 is 11.8 Å². The predicted molar refractivity (Wildman–Crippen MR) is 65.7 cm³/mol. The van der Waals surface area contributed by atoms with Crippen molar-refractivity contribution in [3.63, 3.8) is 0 Å². The van der Waals surface area contributed by atoms with Gasteiger partial charge in [-0.25, -0.2) is 4.98 Å². The van der Waals surface area contributed by atoms with E-state index in [1.165, 1.54) is 0 Å². The van der Waals surface area contributed by atoms with Crippen LogP contribution in [0.15, 0.2) is 12.3 Å². The van der Waals surface area contributed by atoms with E-state index in [-0.39, 0.29) is 11.8 Å². The van der Waals surface area contributed by atoms with Crippen LogP contribution in [0.25, 0.3) is 0 Å². The number of pyridine rings is 1. The average Bonchev–Trinajstić information content (AvgIpc) is 2.32. The van der Waals surface area contributed by atoms with Gasteiger partial charge in [0.15, 0.2) is 0 Å². The van der Waals surface area contributed by atoms with Crippen molar-refractivity contribution in [3.05, 3.63) is 23.4 Å². The fourth-order valence-electron chi connectivity index (χ4n) is 2.70. The molecule has 17 heavy (non-hydrogen) atoms. The molecule has 0 amide bonds. The molecular formula is C13H18N2O2. The first kappa shape index (κ1) is 11.9. The normalized spacial score (nSPS) is 24.5. The van der Waals surface area contributed by atoms with Gasteiger partial charge in [0, 0.05) is 12.1 Å². The van der Waals surface area contributed by atoms with E-state index < -0.39 is 5.97 Å². The second-order valence-electron chi connectivity index (χ2n) is 4.82. The number of nitrogens with two attached hydrogens (primary N) is 1. The maximum absolute atomic E-state index is 11.3. The average molecular weight is 234 g/mol. The van der Waals surface area contributed by atoms with Gasteiger partial charge >= 0.3 is 5.97 Å². The van der Waals surface area contributed by atoms with Crippen LogP contribution < -0.4 is 5.73 Å². The lowest BCUT2D eigenvalue weighted by Gasteiger charge is -2.29. The summed E-state index contributed by atoms with van der Waals surface area (Å²) >= 11 is 0. The summed E-state index contributed by atoms with van der Waals surface area (Å²) in [5, 5.41) is 9.27. The molecule has 4 nitrogen and oxygen atoms in total. The molecule has 0 saturated heterocycles. The minimum absolute atomic E-state index is 0.0219. The maximum Gasteiger partial charge on any atom is 0.307 e. The van der Waals surface area contributed by atoms with Crippen LogP contribution in [0.3, 0.4) is 0 Å². The first-order valence-electron chi connectivity index (χ1n) is 6.04. The minimum Gasteiger partial charge on any atom is -0.481 e. The Morgan fingerprint density at radius 3 is 2.88 bits per heavy atom. The first-order valence-corrected chi connectivity index (χ1v) is 6.04. The molecule has 0 spiro atoms. The summed E-state index contributed by atoms with van der Waals surface area (Å²) in [7, 11) is 0. The Kier molecular flexibility index (Phi) is 3.31. The number of nitrogens with zero attached hydrogens (tertiary/aromatic N) is 1. The summed E-state index contributed by atoms with van der Waals surface area (Å²) in [6, 6.07) is 1.98. The van der Waals surface area contributed by atoms with Crippen LogP contribution in [0.4, 0.5) is 5.82 Å². The molecule has 4 heteroatoms. The van der Waals surface area contributed by atoms with Crippen LogP contribution in [-0.4, -0.2) is 16.1 Å². The molecule has 1 heterocycles. The molecule has 1 aliphatic carbocycles. The fourth-order valence-corrected chi connectivity index (χ4v) is 2.70. The van der Waals surface area contributed by atoms with E-state index in [1.54, 1.807) is 6.20 Å². The van der Waals surface area contributed by atoms with Gasteiger partial charge in [-0.2, -0.15) is 0 Å². The monoisotopic (exact) mass is 234 g/mol. The van der Waals surface area contributed by atoms with E-state index in [0.29, 0.717) is 5.82 Å². The molecule has 1 aliphatic rings. The summed E-state index contributed by atoms with van der Waals surface area (Å²) in [5.74, 6) is -0.521. The van der Waals surface area contributed by atoms with E-state index >= 15 is 0 Å². The molecule has 0 radical (unpaired) electrons. The number of anilines is 1. The van der Waals surface area contributed by atoms with Gasteiger partial charge in [-0.05, 0) is 30.9 Å². The number of aryl methyl sites for hydroxylation is 1. The largest absolute Gasteiger partial charge is 0.481 e. The molecule has 92 valence electrons. The van der Waals surface area contributed by atoms with E-state index in [9.17, 15) is 9.90 Å². The van der Waals surface area contributed by atoms with Crippen LogP contribution in [0, 0.1) is 12.8 Å². The Bertz CT molecular complexity index is 431. The Labute approximate surface area is 101 Å². The lowest BCUT2D eigenvalue weighted by molar-refractivity contribution is -0.143. The summed E-state index contributed by atoms with van der Waals surface area (Å²) in [4.78, 5) is 15.4. The van der Waals surface area contributed by atoms with Gasteiger partial charge in [-0.15, -0.1) is 0 Å². The Balaban J connectivity index is 2.35. The third-order valence-electron chi connectivity index (χ3n) is 3.57. The lowest BCUT2D eigenvalue weighted by Crippen LogP contribution is -2.26. The molecular weight excluding hydrogens is 216 g/mol. The summed E-state index contributed by atoms with van der Waals surface area (Å²) < 4.78 is 0. The molecule has 1 fully saturated rings. The molecule has 1 aromatic heterocycles. The van der Waals surface area contributed by atoms with Crippen molar-refractivity contribution in [1.82, 2.24) is 4.98 Å². The molecule has 2 atom stereocenters. The van der Waals surface area contributed by atoms with E-state index in [1.807, 2.05) is 13.0 Å². The SMILES string of the molecule is Cc1cnc(N)c(C2CCCCC2C(=O)O)c1. The fraction of sp³-hybridized carbons (Fsp3) is 0.538. The van der Waals surface area contributed by atoms with Gasteiger partial charge in [0.1, 0.15) is 5.82 Å². The van der Waals surface area contributed by atoms with Crippen molar-refractivity contribution in [3.8, 4) is 0 Å². The van der Waals surface area contributed by atoms with Crippen LogP contribution in [0.5, 0.6) is 0 Å². The highest BCUT2D eigenvalue weighted by Gasteiger charge is 2.33. The van der Waals surface area contributed by atoms with Crippen molar-refractivity contribution < 1.29 is 9.90 Å². The molecule has 1 saturated carbocycles. The number of aromatic nitrogens is 1. The Morgan fingerprint density at radius 2 is 2.18 bits per heavy atom. The van der Waals surface area contributed by atoms with Crippen molar-refractivity contribution in [2.24, 2.45) is 5.92 Å². The van der Waals surface area contributed by atoms with E-state index in [2.05, 4.69) is 4.98 Å². The molecule has 2 rings (SSSR count). The Hall–Kier alpha value is -1.58. The van der Waals surface area contributed by atoms with Crippen LogP contribution in [0.2, 0.25) is 0 Å². The number of hydrogen-bond acceptors (Lipinski definition) is 3. The van der Waals surface area contributed by atoms with Gasteiger partial charge in [0.2, 0.25) is 0 Å². The summed E-state index contributed by atoms with van der Waals surface area (Å²) in [6.07, 6.45) is 5.42. The number of aliphatic carboxylic acids is 1.